The van der Waals surface area contributed by atoms with Gasteiger partial charge in [-0.25, -0.2) is 0 Å². The molecule has 0 amide bonds. The van der Waals surface area contributed by atoms with Crippen LogP contribution in [0.5, 0.6) is 0 Å². The van der Waals surface area contributed by atoms with E-state index in [-0.39, 0.29) is 0 Å². The van der Waals surface area contributed by atoms with Crippen molar-refractivity contribution in [2.45, 2.75) is 24.9 Å². The zero-order valence-corrected chi connectivity index (χ0v) is 6.03. The van der Waals surface area contributed by atoms with Gasteiger partial charge in [-0.05, 0) is 36.5 Å². The molecular formula is C8H14N2. The molecule has 3 saturated carbocycles. The van der Waals surface area contributed by atoms with Gasteiger partial charge in [-0.1, -0.05) is 0 Å². The molecule has 0 aromatic rings. The molecule has 56 valence electrons. The molecule has 10 heavy (non-hydrogen) atoms. The Hall–Kier alpha value is -0.0800. The van der Waals surface area contributed by atoms with Gasteiger partial charge in [0.05, 0.1) is 0 Å². The molecule has 0 spiro atoms. The van der Waals surface area contributed by atoms with Gasteiger partial charge in [0, 0.05) is 12.1 Å². The van der Waals surface area contributed by atoms with Crippen LogP contribution in [0, 0.1) is 23.7 Å². The van der Waals surface area contributed by atoms with Gasteiger partial charge >= 0.3 is 0 Å². The molecule has 6 unspecified atom stereocenters. The fraction of sp³-hybridized carbons (Fsp3) is 1.00. The highest BCUT2D eigenvalue weighted by Crippen LogP contribution is 2.65. The number of fused-ring (bicyclic) bond motifs is 4. The monoisotopic (exact) mass is 138 g/mol. The van der Waals surface area contributed by atoms with Crippen molar-refractivity contribution in [2.75, 3.05) is 0 Å². The summed E-state index contributed by atoms with van der Waals surface area (Å²) in [6.07, 6.45) is 2.58. The van der Waals surface area contributed by atoms with Gasteiger partial charge in [0.1, 0.15) is 0 Å². The molecule has 4 N–H and O–H groups in total. The van der Waals surface area contributed by atoms with Gasteiger partial charge in [0.15, 0.2) is 0 Å². The summed E-state index contributed by atoms with van der Waals surface area (Å²) in [7, 11) is 0. The van der Waals surface area contributed by atoms with Crippen LogP contribution in [0.4, 0.5) is 0 Å². The van der Waals surface area contributed by atoms with Crippen LogP contribution in [0.2, 0.25) is 0 Å². The van der Waals surface area contributed by atoms with E-state index in [1.165, 1.54) is 12.8 Å². The van der Waals surface area contributed by atoms with Crippen LogP contribution in [-0.2, 0) is 0 Å². The lowest BCUT2D eigenvalue weighted by molar-refractivity contribution is -0.190. The number of hydrogen-bond donors (Lipinski definition) is 2. The van der Waals surface area contributed by atoms with Crippen molar-refractivity contribution in [3.63, 3.8) is 0 Å². The molecule has 0 heterocycles. The summed E-state index contributed by atoms with van der Waals surface area (Å²) in [4.78, 5) is 0. The van der Waals surface area contributed by atoms with Crippen LogP contribution in [-0.4, -0.2) is 12.1 Å². The van der Waals surface area contributed by atoms with E-state index in [0.29, 0.717) is 12.1 Å². The van der Waals surface area contributed by atoms with Crippen molar-refractivity contribution in [2.24, 2.45) is 35.1 Å². The van der Waals surface area contributed by atoms with Crippen LogP contribution in [0.25, 0.3) is 0 Å². The van der Waals surface area contributed by atoms with Crippen molar-refractivity contribution < 1.29 is 0 Å². The van der Waals surface area contributed by atoms with E-state index in [4.69, 9.17) is 11.5 Å². The SMILES string of the molecule is NC1CC2C3CC(N)C3C12. The Bertz CT molecular complexity index is 160. The minimum Gasteiger partial charge on any atom is -0.327 e. The van der Waals surface area contributed by atoms with Crippen LogP contribution >= 0.6 is 0 Å². The Kier molecular flexibility index (Phi) is 0.783. The van der Waals surface area contributed by atoms with Crippen molar-refractivity contribution >= 4 is 0 Å². The zero-order chi connectivity index (χ0) is 6.88. The van der Waals surface area contributed by atoms with E-state index in [1.54, 1.807) is 0 Å². The van der Waals surface area contributed by atoms with Crippen LogP contribution < -0.4 is 11.5 Å². The van der Waals surface area contributed by atoms with Gasteiger partial charge in [0.25, 0.3) is 0 Å². The molecule has 2 heteroatoms. The molecule has 0 aromatic heterocycles. The molecule has 3 aliphatic rings. The van der Waals surface area contributed by atoms with E-state index in [2.05, 4.69) is 0 Å². The average molecular weight is 138 g/mol. The zero-order valence-electron chi connectivity index (χ0n) is 6.03. The third-order valence-corrected chi connectivity index (χ3v) is 4.06. The number of rotatable bonds is 0. The van der Waals surface area contributed by atoms with Crippen LogP contribution in [0.1, 0.15) is 12.8 Å². The Labute approximate surface area is 61.0 Å². The molecular weight excluding hydrogens is 124 g/mol. The fourth-order valence-electron chi connectivity index (χ4n) is 3.42. The molecule has 3 aliphatic carbocycles. The Balaban J connectivity index is 1.79. The van der Waals surface area contributed by atoms with E-state index < -0.39 is 0 Å². The van der Waals surface area contributed by atoms with Gasteiger partial charge in [-0.2, -0.15) is 0 Å². The van der Waals surface area contributed by atoms with Gasteiger partial charge in [-0.15, -0.1) is 0 Å². The fourth-order valence-corrected chi connectivity index (χ4v) is 3.42. The van der Waals surface area contributed by atoms with Crippen molar-refractivity contribution in [3.05, 3.63) is 0 Å². The van der Waals surface area contributed by atoms with Gasteiger partial charge in [0.2, 0.25) is 0 Å². The topological polar surface area (TPSA) is 52.0 Å². The van der Waals surface area contributed by atoms with Gasteiger partial charge < -0.3 is 11.5 Å². The predicted octanol–water partition coefficient (Wildman–Crippen LogP) is -0.0732. The average Bonchev–Trinajstić information content (AvgIpc) is 1.90. The summed E-state index contributed by atoms with van der Waals surface area (Å²) in [5.41, 5.74) is 11.7. The summed E-state index contributed by atoms with van der Waals surface area (Å²) in [5.74, 6) is 3.68. The highest BCUT2D eigenvalue weighted by Gasteiger charge is 2.65. The van der Waals surface area contributed by atoms with Crippen molar-refractivity contribution in [1.29, 1.82) is 0 Å². The lowest BCUT2D eigenvalue weighted by atomic mass is 9.36. The third-order valence-electron chi connectivity index (χ3n) is 4.06. The van der Waals surface area contributed by atoms with Crippen molar-refractivity contribution in [1.82, 2.24) is 0 Å². The third kappa shape index (κ3) is 0.372. The highest BCUT2D eigenvalue weighted by atomic mass is 14.9. The molecule has 0 aliphatic heterocycles. The molecule has 0 radical (unpaired) electrons. The van der Waals surface area contributed by atoms with Crippen molar-refractivity contribution in [3.8, 4) is 0 Å². The first-order valence-electron chi connectivity index (χ1n) is 4.30. The number of nitrogens with two attached hydrogens (primary N) is 2. The first-order chi connectivity index (χ1) is 4.79. The normalized spacial score (nSPS) is 70.2. The summed E-state index contributed by atoms with van der Waals surface area (Å²) >= 11 is 0. The minimum absolute atomic E-state index is 0.512. The van der Waals surface area contributed by atoms with E-state index in [0.717, 1.165) is 23.7 Å². The Morgan fingerprint density at radius 2 is 1.20 bits per heavy atom. The second-order valence-corrected chi connectivity index (χ2v) is 4.28. The lowest BCUT2D eigenvalue weighted by Crippen LogP contribution is -2.74. The number of hydrogen-bond acceptors (Lipinski definition) is 2. The van der Waals surface area contributed by atoms with Crippen LogP contribution in [0.3, 0.4) is 0 Å². The molecule has 0 bridgehead atoms. The lowest BCUT2D eigenvalue weighted by Gasteiger charge is -2.70. The molecule has 2 nitrogen and oxygen atoms in total. The maximum atomic E-state index is 5.86. The second-order valence-electron chi connectivity index (χ2n) is 4.28. The maximum Gasteiger partial charge on any atom is 0.00761 e. The molecule has 6 atom stereocenters. The molecule has 3 fully saturated rings. The summed E-state index contributed by atoms with van der Waals surface area (Å²) < 4.78 is 0. The summed E-state index contributed by atoms with van der Waals surface area (Å²) in [5, 5.41) is 0. The first-order valence-corrected chi connectivity index (χ1v) is 4.30. The summed E-state index contributed by atoms with van der Waals surface area (Å²) in [6, 6.07) is 1.02. The standard InChI is InChI=1S/C8H14N2/c9-5-1-3-4-2-6(10)8(4)7(3)5/h3-8H,1-2,9-10H2. The highest BCUT2D eigenvalue weighted by molar-refractivity contribution is 5.18. The minimum atomic E-state index is 0.512. The second kappa shape index (κ2) is 1.41. The first kappa shape index (κ1) is 5.56. The van der Waals surface area contributed by atoms with Gasteiger partial charge in [-0.3, -0.25) is 0 Å². The quantitative estimate of drug-likeness (QED) is 0.492. The van der Waals surface area contributed by atoms with E-state index in [9.17, 15) is 0 Å². The molecule has 0 saturated heterocycles. The Morgan fingerprint density at radius 3 is 1.50 bits per heavy atom. The maximum absolute atomic E-state index is 5.86. The molecule has 3 rings (SSSR count). The van der Waals surface area contributed by atoms with Crippen LogP contribution in [0.15, 0.2) is 0 Å². The van der Waals surface area contributed by atoms with E-state index in [1.807, 2.05) is 0 Å². The smallest absolute Gasteiger partial charge is 0.00761 e. The predicted molar refractivity (Wildman–Crippen MR) is 39.1 cm³/mol. The summed E-state index contributed by atoms with van der Waals surface area (Å²) in [6.45, 7) is 0. The van der Waals surface area contributed by atoms with E-state index >= 15 is 0 Å². The Morgan fingerprint density at radius 1 is 0.800 bits per heavy atom. The largest absolute Gasteiger partial charge is 0.327 e. The molecule has 0 aromatic carbocycles.